The van der Waals surface area contributed by atoms with Gasteiger partial charge in [0.25, 0.3) is 11.6 Å². The van der Waals surface area contributed by atoms with Crippen molar-refractivity contribution in [2.75, 3.05) is 18.0 Å². The molecule has 0 aliphatic carbocycles. The van der Waals surface area contributed by atoms with Crippen LogP contribution in [0.4, 0.5) is 11.4 Å². The van der Waals surface area contributed by atoms with Crippen molar-refractivity contribution in [2.45, 2.75) is 33.7 Å². The fraction of sp³-hybridized carbons (Fsp3) is 0.318. The smallest absolute Gasteiger partial charge is 0.282 e. The number of hydrogen-bond donors (Lipinski definition) is 2. The van der Waals surface area contributed by atoms with E-state index < -0.39 is 10.8 Å². The molecule has 2 amide bonds. The van der Waals surface area contributed by atoms with E-state index >= 15 is 0 Å². The summed E-state index contributed by atoms with van der Waals surface area (Å²) in [6, 6.07) is 13.6. The number of carbonyl (C=O) groups is 2. The Kier molecular flexibility index (Phi) is 8.68. The van der Waals surface area contributed by atoms with E-state index in [2.05, 4.69) is 34.6 Å². The SMILES string of the molecule is CCN(CC)c1ccc(CNC(=O)C/C(C)=N\NC(=O)c2ccccc2[N+](=O)[O-])cc1. The fourth-order valence-electron chi connectivity index (χ4n) is 2.98. The summed E-state index contributed by atoms with van der Waals surface area (Å²) in [5.41, 5.74) is 4.35. The predicted molar refractivity (Wildman–Crippen MR) is 120 cm³/mol. The van der Waals surface area contributed by atoms with Crippen LogP contribution in [-0.2, 0) is 11.3 Å². The van der Waals surface area contributed by atoms with Gasteiger partial charge in [-0.1, -0.05) is 24.3 Å². The van der Waals surface area contributed by atoms with Gasteiger partial charge >= 0.3 is 0 Å². The van der Waals surface area contributed by atoms with Gasteiger partial charge in [0.05, 0.1) is 11.3 Å². The average molecular weight is 425 g/mol. The van der Waals surface area contributed by atoms with Crippen LogP contribution in [0.15, 0.2) is 53.6 Å². The van der Waals surface area contributed by atoms with E-state index in [1.807, 2.05) is 24.3 Å². The fourth-order valence-corrected chi connectivity index (χ4v) is 2.98. The van der Waals surface area contributed by atoms with E-state index in [1.54, 1.807) is 6.92 Å². The number of para-hydroxylation sites is 1. The van der Waals surface area contributed by atoms with Crippen molar-refractivity contribution in [1.82, 2.24) is 10.7 Å². The molecule has 0 fully saturated rings. The van der Waals surface area contributed by atoms with Crippen LogP contribution in [0.25, 0.3) is 0 Å². The zero-order chi connectivity index (χ0) is 22.8. The molecule has 9 heteroatoms. The van der Waals surface area contributed by atoms with E-state index in [9.17, 15) is 19.7 Å². The highest BCUT2D eigenvalue weighted by molar-refractivity contribution is 6.02. The number of nitrogens with one attached hydrogen (secondary N) is 2. The first-order valence-corrected chi connectivity index (χ1v) is 10.0. The minimum Gasteiger partial charge on any atom is -0.372 e. The Balaban J connectivity index is 1.86. The van der Waals surface area contributed by atoms with Gasteiger partial charge in [0.15, 0.2) is 0 Å². The van der Waals surface area contributed by atoms with Gasteiger partial charge in [0, 0.05) is 37.1 Å². The summed E-state index contributed by atoms with van der Waals surface area (Å²) in [6.45, 7) is 8.04. The maximum atomic E-state index is 12.2. The summed E-state index contributed by atoms with van der Waals surface area (Å²) < 4.78 is 0. The van der Waals surface area contributed by atoms with Gasteiger partial charge in [-0.25, -0.2) is 5.43 Å². The molecule has 0 heterocycles. The molecule has 0 aromatic heterocycles. The highest BCUT2D eigenvalue weighted by Gasteiger charge is 2.18. The number of nitrogens with zero attached hydrogens (tertiary/aromatic N) is 3. The van der Waals surface area contributed by atoms with E-state index in [0.717, 1.165) is 24.3 Å². The molecule has 0 spiro atoms. The largest absolute Gasteiger partial charge is 0.372 e. The minimum atomic E-state index is -0.708. The summed E-state index contributed by atoms with van der Waals surface area (Å²) in [5, 5.41) is 17.7. The van der Waals surface area contributed by atoms with E-state index in [4.69, 9.17) is 0 Å². The van der Waals surface area contributed by atoms with Crippen molar-refractivity contribution in [3.05, 3.63) is 69.8 Å². The molecule has 2 aromatic rings. The van der Waals surface area contributed by atoms with Crippen molar-refractivity contribution in [3.63, 3.8) is 0 Å². The first-order chi connectivity index (χ1) is 14.8. The summed E-state index contributed by atoms with van der Waals surface area (Å²) in [5.74, 6) is -0.950. The Bertz CT molecular complexity index is 953. The molecule has 0 radical (unpaired) electrons. The van der Waals surface area contributed by atoms with Gasteiger partial charge in [-0.2, -0.15) is 5.10 Å². The monoisotopic (exact) mass is 425 g/mol. The molecule has 0 aliphatic rings. The van der Waals surface area contributed by atoms with Crippen molar-refractivity contribution >= 4 is 28.9 Å². The molecule has 0 saturated carbocycles. The second-order valence-electron chi connectivity index (χ2n) is 6.85. The van der Waals surface area contributed by atoms with Crippen LogP contribution in [0.5, 0.6) is 0 Å². The minimum absolute atomic E-state index is 0.00526. The molecule has 164 valence electrons. The van der Waals surface area contributed by atoms with Crippen molar-refractivity contribution in [2.24, 2.45) is 5.10 Å². The number of hydrogen-bond acceptors (Lipinski definition) is 6. The number of nitro groups is 1. The molecule has 2 aromatic carbocycles. The Hall–Kier alpha value is -3.75. The zero-order valence-electron chi connectivity index (χ0n) is 17.9. The molecule has 9 nitrogen and oxygen atoms in total. The van der Waals surface area contributed by atoms with E-state index in [1.165, 1.54) is 24.3 Å². The van der Waals surface area contributed by atoms with Gasteiger partial charge in [0.1, 0.15) is 5.56 Å². The van der Waals surface area contributed by atoms with Gasteiger partial charge in [-0.15, -0.1) is 0 Å². The third-order valence-electron chi connectivity index (χ3n) is 4.66. The second-order valence-corrected chi connectivity index (χ2v) is 6.85. The number of nitro benzene ring substituents is 1. The molecule has 0 unspecified atom stereocenters. The molecular formula is C22H27N5O4. The van der Waals surface area contributed by atoms with E-state index in [0.29, 0.717) is 12.3 Å². The van der Waals surface area contributed by atoms with Crippen LogP contribution in [0.1, 0.15) is 43.1 Å². The van der Waals surface area contributed by atoms with Crippen molar-refractivity contribution in [1.29, 1.82) is 0 Å². The summed E-state index contributed by atoms with van der Waals surface area (Å²) in [6.07, 6.45) is -0.00526. The van der Waals surface area contributed by atoms with Crippen molar-refractivity contribution in [3.8, 4) is 0 Å². The average Bonchev–Trinajstić information content (AvgIpc) is 2.77. The first-order valence-electron chi connectivity index (χ1n) is 10.0. The van der Waals surface area contributed by atoms with Gasteiger partial charge < -0.3 is 10.2 Å². The number of rotatable bonds is 10. The molecule has 2 N–H and O–H groups in total. The highest BCUT2D eigenvalue weighted by atomic mass is 16.6. The number of amides is 2. The molecular weight excluding hydrogens is 398 g/mol. The van der Waals surface area contributed by atoms with Gasteiger partial charge in [0.2, 0.25) is 5.91 Å². The van der Waals surface area contributed by atoms with Gasteiger partial charge in [-0.05, 0) is 44.5 Å². The number of carbonyl (C=O) groups excluding carboxylic acids is 2. The molecule has 0 aliphatic heterocycles. The molecule has 0 saturated heterocycles. The third-order valence-corrected chi connectivity index (χ3v) is 4.66. The van der Waals surface area contributed by atoms with Crippen LogP contribution in [0, 0.1) is 10.1 Å². The number of anilines is 1. The summed E-state index contributed by atoms with van der Waals surface area (Å²) in [7, 11) is 0. The Morgan fingerprint density at radius 3 is 2.32 bits per heavy atom. The van der Waals surface area contributed by atoms with Crippen LogP contribution >= 0.6 is 0 Å². The molecule has 2 rings (SSSR count). The Morgan fingerprint density at radius 1 is 1.06 bits per heavy atom. The molecule has 0 bridgehead atoms. The Labute approximate surface area is 181 Å². The Morgan fingerprint density at radius 2 is 1.71 bits per heavy atom. The lowest BCUT2D eigenvalue weighted by molar-refractivity contribution is -0.385. The van der Waals surface area contributed by atoms with Crippen LogP contribution in [-0.4, -0.2) is 35.5 Å². The highest BCUT2D eigenvalue weighted by Crippen LogP contribution is 2.17. The normalized spacial score (nSPS) is 11.0. The van der Waals surface area contributed by atoms with Gasteiger partial charge in [-0.3, -0.25) is 19.7 Å². The summed E-state index contributed by atoms with van der Waals surface area (Å²) in [4.78, 5) is 36.9. The lowest BCUT2D eigenvalue weighted by atomic mass is 10.2. The number of benzene rings is 2. The van der Waals surface area contributed by atoms with E-state index in [-0.39, 0.29) is 23.6 Å². The quantitative estimate of drug-likeness (QED) is 0.344. The summed E-state index contributed by atoms with van der Waals surface area (Å²) >= 11 is 0. The second kappa shape index (κ2) is 11.4. The standard InChI is InChI=1S/C22H27N5O4/c1-4-26(5-2)18-12-10-17(11-13-18)15-23-21(28)14-16(3)24-25-22(29)19-8-6-7-9-20(19)27(30)31/h6-13H,4-5,14-15H2,1-3H3,(H,23,28)(H,25,29)/b24-16-. The third kappa shape index (κ3) is 6.91. The predicted octanol–water partition coefficient (Wildman–Crippen LogP) is 3.25. The van der Waals surface area contributed by atoms with Crippen LogP contribution in [0.2, 0.25) is 0 Å². The first kappa shape index (κ1) is 23.5. The van der Waals surface area contributed by atoms with Crippen molar-refractivity contribution < 1.29 is 14.5 Å². The maximum absolute atomic E-state index is 12.2. The lowest BCUT2D eigenvalue weighted by Gasteiger charge is -2.21. The van der Waals surface area contributed by atoms with Crippen LogP contribution in [0.3, 0.4) is 0 Å². The molecule has 0 atom stereocenters. The topological polar surface area (TPSA) is 117 Å². The zero-order valence-corrected chi connectivity index (χ0v) is 17.9. The number of hydrazone groups is 1. The maximum Gasteiger partial charge on any atom is 0.282 e. The van der Waals surface area contributed by atoms with Crippen LogP contribution < -0.4 is 15.6 Å². The molecule has 31 heavy (non-hydrogen) atoms. The lowest BCUT2D eigenvalue weighted by Crippen LogP contribution is -2.26.